The number of hydrogen-bond donors (Lipinski definition) is 0. The summed E-state index contributed by atoms with van der Waals surface area (Å²) in [6.07, 6.45) is 2.50. The van der Waals surface area contributed by atoms with Gasteiger partial charge in [-0.15, -0.1) is 0 Å². The molecule has 1 aromatic carbocycles. The van der Waals surface area contributed by atoms with Crippen molar-refractivity contribution in [3.05, 3.63) is 35.4 Å². The maximum Gasteiger partial charge on any atom is 0.223 e. The number of hydrogen-bond acceptors (Lipinski definition) is 0. The number of aryl methyl sites for hydroxylation is 1. The summed E-state index contributed by atoms with van der Waals surface area (Å²) in [5, 5.41) is 0. The first kappa shape index (κ1) is 14.1. The average molecular weight is 332 g/mol. The lowest BCUT2D eigenvalue weighted by Crippen LogP contribution is -2.41. The Balaban J connectivity index is 2.23. The Morgan fingerprint density at radius 3 is 2.12 bits per heavy atom. The molecule has 0 N–H and O–H groups in total. The molecule has 1 aliphatic carbocycles. The Labute approximate surface area is 126 Å². The van der Waals surface area contributed by atoms with E-state index in [1.54, 1.807) is 0 Å². The minimum atomic E-state index is -1.67. The molecule has 0 spiro atoms. The molecule has 2 rings (SSSR count). The molecule has 1 unspecified atom stereocenters. The van der Waals surface area contributed by atoms with Gasteiger partial charge in [0.05, 0.1) is 0 Å². The van der Waals surface area contributed by atoms with Gasteiger partial charge in [0.2, 0.25) is 3.79 Å². The normalized spacial score (nSPS) is 21.1. The van der Waals surface area contributed by atoms with Crippen molar-refractivity contribution >= 4 is 58.0 Å². The van der Waals surface area contributed by atoms with Gasteiger partial charge in [0.25, 0.3) is 0 Å². The van der Waals surface area contributed by atoms with Gasteiger partial charge >= 0.3 is 0 Å². The van der Waals surface area contributed by atoms with Crippen LogP contribution in [0, 0.1) is 5.92 Å². The zero-order valence-electron chi connectivity index (χ0n) is 8.90. The lowest BCUT2D eigenvalue weighted by atomic mass is 9.82. The first-order valence-corrected chi connectivity index (χ1v) is 7.22. The summed E-state index contributed by atoms with van der Waals surface area (Å²) in [4.78, 5) is 0. The van der Waals surface area contributed by atoms with Crippen LogP contribution < -0.4 is 0 Å². The number of alkyl halides is 5. The van der Waals surface area contributed by atoms with Gasteiger partial charge in [-0.1, -0.05) is 82.3 Å². The van der Waals surface area contributed by atoms with Gasteiger partial charge in [0.15, 0.2) is 4.33 Å². The zero-order valence-corrected chi connectivity index (χ0v) is 12.7. The highest BCUT2D eigenvalue weighted by Gasteiger charge is 2.51. The summed E-state index contributed by atoms with van der Waals surface area (Å²) in [5.41, 5.74) is 2.57. The van der Waals surface area contributed by atoms with Crippen LogP contribution in [-0.4, -0.2) is 8.13 Å². The fraction of sp³-hybridized carbons (Fsp3) is 0.500. The quantitative estimate of drug-likeness (QED) is 0.609. The SMILES string of the molecule is ClC(Cl)(Cl)C(Cl)(Cl)C1CCc2ccccc2C1. The molecule has 0 bridgehead atoms. The number of halogens is 5. The second-order valence-corrected chi connectivity index (χ2v) is 8.00. The van der Waals surface area contributed by atoms with E-state index in [9.17, 15) is 0 Å². The van der Waals surface area contributed by atoms with E-state index >= 15 is 0 Å². The number of fused-ring (bicyclic) bond motifs is 1. The van der Waals surface area contributed by atoms with E-state index in [-0.39, 0.29) is 5.92 Å². The largest absolute Gasteiger partial charge is 0.223 e. The zero-order chi connectivity index (χ0) is 12.7. The summed E-state index contributed by atoms with van der Waals surface area (Å²) >= 11 is 30.0. The fourth-order valence-electron chi connectivity index (χ4n) is 2.24. The highest BCUT2D eigenvalue weighted by atomic mass is 35.6. The second kappa shape index (κ2) is 4.98. The van der Waals surface area contributed by atoms with Crippen LogP contribution in [0.2, 0.25) is 0 Å². The van der Waals surface area contributed by atoms with Crippen LogP contribution in [0.15, 0.2) is 24.3 Å². The van der Waals surface area contributed by atoms with Crippen LogP contribution in [0.1, 0.15) is 17.5 Å². The van der Waals surface area contributed by atoms with Crippen LogP contribution in [0.25, 0.3) is 0 Å². The maximum atomic E-state index is 6.23. The lowest BCUT2D eigenvalue weighted by Gasteiger charge is -2.38. The van der Waals surface area contributed by atoms with Crippen molar-refractivity contribution in [2.75, 3.05) is 0 Å². The highest BCUT2D eigenvalue weighted by Crippen LogP contribution is 2.53. The van der Waals surface area contributed by atoms with Crippen LogP contribution >= 0.6 is 58.0 Å². The maximum absolute atomic E-state index is 6.23. The van der Waals surface area contributed by atoms with Crippen LogP contribution in [0.5, 0.6) is 0 Å². The number of rotatable bonds is 1. The third kappa shape index (κ3) is 2.82. The predicted molar refractivity (Wildman–Crippen MR) is 76.7 cm³/mol. The third-order valence-electron chi connectivity index (χ3n) is 3.24. The molecular weight excluding hydrogens is 321 g/mol. The van der Waals surface area contributed by atoms with Gasteiger partial charge < -0.3 is 0 Å². The minimum absolute atomic E-state index is 0.0479. The molecule has 0 amide bonds. The van der Waals surface area contributed by atoms with Gasteiger partial charge in [0, 0.05) is 5.92 Å². The van der Waals surface area contributed by atoms with Gasteiger partial charge in [-0.25, -0.2) is 0 Å². The van der Waals surface area contributed by atoms with E-state index in [4.69, 9.17) is 58.0 Å². The lowest BCUT2D eigenvalue weighted by molar-refractivity contribution is 0.408. The monoisotopic (exact) mass is 330 g/mol. The molecule has 1 aliphatic rings. The average Bonchev–Trinajstić information content (AvgIpc) is 2.27. The fourth-order valence-corrected chi connectivity index (χ4v) is 3.07. The summed E-state index contributed by atoms with van der Waals surface area (Å²) in [5.74, 6) is -0.0479. The standard InChI is InChI=1S/C12H11Cl5/c13-11(14,12(15,16)17)10-6-5-8-3-1-2-4-9(8)7-10/h1-4,10H,5-7H2. The van der Waals surface area contributed by atoms with Crippen molar-refractivity contribution in [2.24, 2.45) is 5.92 Å². The topological polar surface area (TPSA) is 0 Å². The molecule has 1 aromatic rings. The van der Waals surface area contributed by atoms with E-state index in [0.717, 1.165) is 19.3 Å². The van der Waals surface area contributed by atoms with E-state index in [1.165, 1.54) is 11.1 Å². The molecule has 0 aliphatic heterocycles. The molecular formula is C12H11Cl5. The summed E-state index contributed by atoms with van der Waals surface area (Å²) in [6, 6.07) is 8.22. The Morgan fingerprint density at radius 1 is 0.941 bits per heavy atom. The van der Waals surface area contributed by atoms with Crippen molar-refractivity contribution in [3.63, 3.8) is 0 Å². The highest BCUT2D eigenvalue weighted by molar-refractivity contribution is 6.75. The van der Waals surface area contributed by atoms with Crippen LogP contribution in [0.3, 0.4) is 0 Å². The summed E-state index contributed by atoms with van der Waals surface area (Å²) < 4.78 is -3.03. The molecule has 1 atom stereocenters. The van der Waals surface area contributed by atoms with E-state index in [2.05, 4.69) is 12.1 Å². The van der Waals surface area contributed by atoms with Crippen molar-refractivity contribution in [1.29, 1.82) is 0 Å². The molecule has 0 saturated heterocycles. The predicted octanol–water partition coefficient (Wildman–Crippen LogP) is 5.34. The molecule has 0 nitrogen and oxygen atoms in total. The van der Waals surface area contributed by atoms with Gasteiger partial charge in [-0.05, 0) is 30.4 Å². The van der Waals surface area contributed by atoms with Gasteiger partial charge in [-0.3, -0.25) is 0 Å². The second-order valence-electron chi connectivity index (χ2n) is 4.33. The van der Waals surface area contributed by atoms with Gasteiger partial charge in [-0.2, -0.15) is 0 Å². The Kier molecular flexibility index (Phi) is 4.13. The molecule has 5 heteroatoms. The van der Waals surface area contributed by atoms with E-state index in [0.29, 0.717) is 0 Å². The van der Waals surface area contributed by atoms with Crippen molar-refractivity contribution in [1.82, 2.24) is 0 Å². The summed E-state index contributed by atoms with van der Waals surface area (Å²) in [7, 11) is 0. The smallest absolute Gasteiger partial charge is 0.0965 e. The third-order valence-corrected chi connectivity index (χ3v) is 5.90. The summed E-state index contributed by atoms with van der Waals surface area (Å²) in [6.45, 7) is 0. The molecule has 0 saturated carbocycles. The van der Waals surface area contributed by atoms with Crippen molar-refractivity contribution in [2.45, 2.75) is 27.4 Å². The van der Waals surface area contributed by atoms with Crippen LogP contribution in [-0.2, 0) is 12.8 Å². The van der Waals surface area contributed by atoms with E-state index in [1.807, 2.05) is 12.1 Å². The van der Waals surface area contributed by atoms with Crippen LogP contribution in [0.4, 0.5) is 0 Å². The minimum Gasteiger partial charge on any atom is -0.0965 e. The Morgan fingerprint density at radius 2 is 1.53 bits per heavy atom. The van der Waals surface area contributed by atoms with Crippen molar-refractivity contribution < 1.29 is 0 Å². The molecule has 0 heterocycles. The van der Waals surface area contributed by atoms with Crippen molar-refractivity contribution in [3.8, 4) is 0 Å². The molecule has 0 fully saturated rings. The van der Waals surface area contributed by atoms with E-state index < -0.39 is 8.13 Å². The molecule has 17 heavy (non-hydrogen) atoms. The molecule has 94 valence electrons. The molecule has 0 aromatic heterocycles. The Bertz CT molecular complexity index is 408. The Hall–Kier alpha value is 0.670. The first-order chi connectivity index (χ1) is 7.82. The number of benzene rings is 1. The first-order valence-electron chi connectivity index (χ1n) is 5.33. The van der Waals surface area contributed by atoms with Gasteiger partial charge in [0.1, 0.15) is 0 Å². The molecule has 0 radical (unpaired) electrons.